The molecule has 1 aliphatic heterocycles. The highest BCUT2D eigenvalue weighted by atomic mass is 16.4. The maximum atomic E-state index is 11.0. The fraction of sp³-hybridized carbons (Fsp3) is 0.500. The molecule has 1 heterocycles. The maximum Gasteiger partial charge on any atom is 0.308 e. The van der Waals surface area contributed by atoms with Crippen molar-refractivity contribution in [1.82, 2.24) is 4.90 Å². The van der Waals surface area contributed by atoms with Crippen LogP contribution in [0.15, 0.2) is 24.3 Å². The summed E-state index contributed by atoms with van der Waals surface area (Å²) in [5.74, 6) is -0.871. The Balaban J connectivity index is 2.01. The van der Waals surface area contributed by atoms with E-state index >= 15 is 0 Å². The van der Waals surface area contributed by atoms with Crippen LogP contribution in [0.25, 0.3) is 0 Å². The Morgan fingerprint density at radius 2 is 2.06 bits per heavy atom. The Bertz CT molecular complexity index is 399. The van der Waals surface area contributed by atoms with Gasteiger partial charge in [-0.15, -0.1) is 0 Å². The zero-order valence-corrected chi connectivity index (χ0v) is 10.4. The van der Waals surface area contributed by atoms with E-state index in [2.05, 4.69) is 36.1 Å². The number of carboxylic acid groups (broad SMARTS) is 1. The summed E-state index contributed by atoms with van der Waals surface area (Å²) in [6.07, 6.45) is 0.766. The molecule has 92 valence electrons. The molecule has 0 radical (unpaired) electrons. The van der Waals surface area contributed by atoms with Crippen LogP contribution in [0.1, 0.15) is 24.5 Å². The topological polar surface area (TPSA) is 40.5 Å². The first-order chi connectivity index (χ1) is 8.08. The van der Waals surface area contributed by atoms with E-state index in [0.29, 0.717) is 0 Å². The summed E-state index contributed by atoms with van der Waals surface area (Å²) in [5.41, 5.74) is 2.51. The van der Waals surface area contributed by atoms with Crippen molar-refractivity contribution in [3.05, 3.63) is 35.4 Å². The number of carboxylic acids is 1. The number of benzene rings is 1. The number of aryl methyl sites for hydroxylation is 1. The monoisotopic (exact) mass is 233 g/mol. The minimum Gasteiger partial charge on any atom is -0.481 e. The van der Waals surface area contributed by atoms with Crippen molar-refractivity contribution >= 4 is 5.97 Å². The molecule has 1 saturated heterocycles. The first-order valence-corrected chi connectivity index (χ1v) is 6.10. The van der Waals surface area contributed by atoms with Crippen molar-refractivity contribution < 1.29 is 9.90 Å². The second-order valence-electron chi connectivity index (χ2n) is 4.93. The number of hydrogen-bond acceptors (Lipinski definition) is 2. The first kappa shape index (κ1) is 12.1. The molecule has 1 aliphatic rings. The van der Waals surface area contributed by atoms with Gasteiger partial charge in [-0.1, -0.05) is 29.8 Å². The molecule has 0 saturated carbocycles. The van der Waals surface area contributed by atoms with Crippen LogP contribution in [0.2, 0.25) is 0 Å². The minimum atomic E-state index is -0.663. The van der Waals surface area contributed by atoms with Gasteiger partial charge in [0.2, 0.25) is 0 Å². The van der Waals surface area contributed by atoms with Crippen LogP contribution < -0.4 is 0 Å². The van der Waals surface area contributed by atoms with E-state index in [1.165, 1.54) is 11.1 Å². The average molecular weight is 233 g/mol. The largest absolute Gasteiger partial charge is 0.481 e. The van der Waals surface area contributed by atoms with Crippen molar-refractivity contribution in [3.63, 3.8) is 0 Å². The van der Waals surface area contributed by atoms with Gasteiger partial charge in [0.05, 0.1) is 5.92 Å². The quantitative estimate of drug-likeness (QED) is 0.870. The van der Waals surface area contributed by atoms with Gasteiger partial charge in [-0.25, -0.2) is 0 Å². The highest BCUT2D eigenvalue weighted by Gasteiger charge is 2.35. The lowest BCUT2D eigenvalue weighted by atomic mass is 10.0. The normalized spacial score (nSPS) is 25.1. The fourth-order valence-corrected chi connectivity index (χ4v) is 2.49. The summed E-state index contributed by atoms with van der Waals surface area (Å²) in [4.78, 5) is 13.3. The van der Waals surface area contributed by atoms with E-state index in [-0.39, 0.29) is 12.0 Å². The van der Waals surface area contributed by atoms with Gasteiger partial charge in [0.15, 0.2) is 0 Å². The number of likely N-dealkylation sites (tertiary alicyclic amines) is 1. The molecule has 1 aromatic carbocycles. The van der Waals surface area contributed by atoms with Crippen LogP contribution in [0, 0.1) is 12.8 Å². The zero-order valence-electron chi connectivity index (χ0n) is 10.4. The lowest BCUT2D eigenvalue weighted by molar-refractivity contribution is -0.142. The first-order valence-electron chi connectivity index (χ1n) is 6.10. The SMILES string of the molecule is Cc1ccc(CN2CCC(C(=O)O)C2C)cc1. The summed E-state index contributed by atoms with van der Waals surface area (Å²) in [6.45, 7) is 5.82. The molecule has 0 amide bonds. The van der Waals surface area contributed by atoms with Crippen LogP contribution in [0.3, 0.4) is 0 Å². The Labute approximate surface area is 102 Å². The van der Waals surface area contributed by atoms with E-state index in [1.54, 1.807) is 0 Å². The second kappa shape index (κ2) is 4.88. The number of hydrogen-bond donors (Lipinski definition) is 1. The van der Waals surface area contributed by atoms with E-state index in [4.69, 9.17) is 5.11 Å². The number of nitrogens with zero attached hydrogens (tertiary/aromatic N) is 1. The molecule has 0 aliphatic carbocycles. The standard InChI is InChI=1S/C14H19NO2/c1-10-3-5-12(6-4-10)9-15-8-7-13(11(15)2)14(16)17/h3-6,11,13H,7-9H2,1-2H3,(H,16,17). The third-order valence-corrected chi connectivity index (χ3v) is 3.71. The van der Waals surface area contributed by atoms with Gasteiger partial charge in [-0.05, 0) is 32.4 Å². The Morgan fingerprint density at radius 3 is 2.59 bits per heavy atom. The van der Waals surface area contributed by atoms with Crippen LogP contribution >= 0.6 is 0 Å². The molecule has 3 nitrogen and oxygen atoms in total. The predicted molar refractivity (Wildman–Crippen MR) is 66.8 cm³/mol. The molecular formula is C14H19NO2. The third kappa shape index (κ3) is 2.67. The van der Waals surface area contributed by atoms with Crippen molar-refractivity contribution in [3.8, 4) is 0 Å². The van der Waals surface area contributed by atoms with Gasteiger partial charge in [0.1, 0.15) is 0 Å². The van der Waals surface area contributed by atoms with Crippen LogP contribution in [-0.4, -0.2) is 28.6 Å². The van der Waals surface area contributed by atoms with Gasteiger partial charge in [-0.2, -0.15) is 0 Å². The molecule has 0 spiro atoms. The predicted octanol–water partition coefficient (Wildman–Crippen LogP) is 2.29. The maximum absolute atomic E-state index is 11.0. The van der Waals surface area contributed by atoms with Gasteiger partial charge in [0, 0.05) is 12.6 Å². The number of rotatable bonds is 3. The lowest BCUT2D eigenvalue weighted by Crippen LogP contribution is -2.32. The second-order valence-corrected chi connectivity index (χ2v) is 4.93. The van der Waals surface area contributed by atoms with E-state index < -0.39 is 5.97 Å². The number of aliphatic carboxylic acids is 1. The van der Waals surface area contributed by atoms with E-state index in [9.17, 15) is 4.79 Å². The molecule has 3 heteroatoms. The molecular weight excluding hydrogens is 214 g/mol. The molecule has 2 atom stereocenters. The van der Waals surface area contributed by atoms with Crippen molar-refractivity contribution in [2.75, 3.05) is 6.54 Å². The lowest BCUT2D eigenvalue weighted by Gasteiger charge is -2.23. The average Bonchev–Trinajstić information content (AvgIpc) is 2.64. The van der Waals surface area contributed by atoms with Gasteiger partial charge >= 0.3 is 5.97 Å². The summed E-state index contributed by atoms with van der Waals surface area (Å²) in [6, 6.07) is 8.58. The highest BCUT2D eigenvalue weighted by molar-refractivity contribution is 5.71. The van der Waals surface area contributed by atoms with Gasteiger partial charge in [0.25, 0.3) is 0 Å². The van der Waals surface area contributed by atoms with Crippen molar-refractivity contribution in [1.29, 1.82) is 0 Å². The fourth-order valence-electron chi connectivity index (χ4n) is 2.49. The molecule has 1 aromatic rings. The zero-order chi connectivity index (χ0) is 12.4. The summed E-state index contributed by atoms with van der Waals surface area (Å²) in [7, 11) is 0. The molecule has 2 unspecified atom stereocenters. The minimum absolute atomic E-state index is 0.133. The van der Waals surface area contributed by atoms with Gasteiger partial charge in [-0.3, -0.25) is 9.69 Å². The number of carbonyl (C=O) groups is 1. The Morgan fingerprint density at radius 1 is 1.41 bits per heavy atom. The van der Waals surface area contributed by atoms with Crippen molar-refractivity contribution in [2.24, 2.45) is 5.92 Å². The van der Waals surface area contributed by atoms with Crippen LogP contribution in [0.4, 0.5) is 0 Å². The summed E-state index contributed by atoms with van der Waals surface area (Å²) < 4.78 is 0. The third-order valence-electron chi connectivity index (χ3n) is 3.71. The summed E-state index contributed by atoms with van der Waals surface area (Å²) in [5, 5.41) is 9.08. The highest BCUT2D eigenvalue weighted by Crippen LogP contribution is 2.25. The Kier molecular flexibility index (Phi) is 3.48. The molecule has 0 bridgehead atoms. The van der Waals surface area contributed by atoms with Crippen LogP contribution in [-0.2, 0) is 11.3 Å². The molecule has 0 aromatic heterocycles. The molecule has 17 heavy (non-hydrogen) atoms. The van der Waals surface area contributed by atoms with Gasteiger partial charge < -0.3 is 5.11 Å². The molecule has 1 fully saturated rings. The van der Waals surface area contributed by atoms with Crippen LogP contribution in [0.5, 0.6) is 0 Å². The van der Waals surface area contributed by atoms with Crippen molar-refractivity contribution in [2.45, 2.75) is 32.9 Å². The van der Waals surface area contributed by atoms with E-state index in [0.717, 1.165) is 19.5 Å². The summed E-state index contributed by atoms with van der Waals surface area (Å²) >= 11 is 0. The molecule has 1 N–H and O–H groups in total. The smallest absolute Gasteiger partial charge is 0.308 e. The Hall–Kier alpha value is -1.35. The van der Waals surface area contributed by atoms with E-state index in [1.807, 2.05) is 6.92 Å². The molecule has 2 rings (SSSR count).